The number of carbonyl (C=O) groups excluding carboxylic acids is 1. The molecule has 19 heavy (non-hydrogen) atoms. The minimum atomic E-state index is -0.790. The Morgan fingerprint density at radius 3 is 2.68 bits per heavy atom. The normalized spacial score (nSPS) is 11.7. The molecule has 7 heteroatoms. The summed E-state index contributed by atoms with van der Waals surface area (Å²) in [7, 11) is 1.28. The lowest BCUT2D eigenvalue weighted by molar-refractivity contribution is -0.141. The highest BCUT2D eigenvalue weighted by Crippen LogP contribution is 2.07. The van der Waals surface area contributed by atoms with E-state index in [0.29, 0.717) is 25.2 Å². The minimum absolute atomic E-state index is 0.146. The second kappa shape index (κ2) is 7.30. The average molecular weight is 267 g/mol. The molecule has 0 bridgehead atoms. The van der Waals surface area contributed by atoms with Crippen molar-refractivity contribution in [2.24, 2.45) is 5.92 Å². The van der Waals surface area contributed by atoms with Gasteiger partial charge in [-0.2, -0.15) is 0 Å². The fraction of sp³-hybridized carbons (Fsp3) is 0.500. The van der Waals surface area contributed by atoms with Crippen molar-refractivity contribution in [1.29, 1.82) is 0 Å². The molecule has 1 aromatic heterocycles. The first-order chi connectivity index (χ1) is 9.04. The first-order valence-electron chi connectivity index (χ1n) is 5.93. The molecule has 0 aromatic carbocycles. The minimum Gasteiger partial charge on any atom is -0.481 e. The molecule has 0 aliphatic carbocycles. The van der Waals surface area contributed by atoms with Crippen LogP contribution in [0.3, 0.4) is 0 Å². The standard InChI is InChI=1S/C12H17N3O4/c1-8(11(16)17)4-3-7-13-10-6-5-9(14-15-10)12(18)19-2/h5-6,8H,3-4,7H2,1-2H3,(H,13,15)(H,16,17). The lowest BCUT2D eigenvalue weighted by Crippen LogP contribution is -2.12. The van der Waals surface area contributed by atoms with Crippen LogP contribution in [-0.2, 0) is 9.53 Å². The molecule has 1 atom stereocenters. The number of hydrogen-bond donors (Lipinski definition) is 2. The fourth-order valence-corrected chi connectivity index (χ4v) is 1.39. The van der Waals surface area contributed by atoms with E-state index in [2.05, 4.69) is 20.3 Å². The Morgan fingerprint density at radius 1 is 1.42 bits per heavy atom. The summed E-state index contributed by atoms with van der Waals surface area (Å²) in [5.74, 6) is -1.14. The van der Waals surface area contributed by atoms with Gasteiger partial charge < -0.3 is 15.2 Å². The molecule has 1 rings (SSSR count). The average Bonchev–Trinajstić information content (AvgIpc) is 2.43. The monoisotopic (exact) mass is 267 g/mol. The van der Waals surface area contributed by atoms with Gasteiger partial charge in [-0.3, -0.25) is 4.79 Å². The number of hydrogen-bond acceptors (Lipinski definition) is 6. The van der Waals surface area contributed by atoms with Crippen LogP contribution in [0.15, 0.2) is 12.1 Å². The zero-order chi connectivity index (χ0) is 14.3. The quantitative estimate of drug-likeness (QED) is 0.565. The molecule has 0 aliphatic rings. The molecule has 104 valence electrons. The predicted octanol–water partition coefficient (Wildman–Crippen LogP) is 1.18. The number of methoxy groups -OCH3 is 1. The molecule has 0 aliphatic heterocycles. The third-order valence-corrected chi connectivity index (χ3v) is 2.60. The van der Waals surface area contributed by atoms with Gasteiger partial charge in [0, 0.05) is 6.54 Å². The van der Waals surface area contributed by atoms with E-state index >= 15 is 0 Å². The summed E-state index contributed by atoms with van der Waals surface area (Å²) < 4.78 is 4.51. The number of carbonyl (C=O) groups is 2. The Kier molecular flexibility index (Phi) is 5.72. The molecular weight excluding hydrogens is 250 g/mol. The van der Waals surface area contributed by atoms with E-state index in [1.54, 1.807) is 13.0 Å². The summed E-state index contributed by atoms with van der Waals surface area (Å²) in [4.78, 5) is 21.7. The van der Waals surface area contributed by atoms with Gasteiger partial charge in [0.2, 0.25) is 0 Å². The number of esters is 1. The number of nitrogens with one attached hydrogen (secondary N) is 1. The van der Waals surface area contributed by atoms with Crippen LogP contribution in [-0.4, -0.2) is 40.9 Å². The van der Waals surface area contributed by atoms with E-state index in [-0.39, 0.29) is 11.6 Å². The van der Waals surface area contributed by atoms with Crippen molar-refractivity contribution in [2.75, 3.05) is 19.0 Å². The number of aromatic nitrogens is 2. The first kappa shape index (κ1) is 14.9. The molecule has 0 spiro atoms. The van der Waals surface area contributed by atoms with Crippen molar-refractivity contribution < 1.29 is 19.4 Å². The van der Waals surface area contributed by atoms with Gasteiger partial charge in [-0.1, -0.05) is 6.92 Å². The molecule has 2 N–H and O–H groups in total. The van der Waals surface area contributed by atoms with Gasteiger partial charge in [0.25, 0.3) is 0 Å². The van der Waals surface area contributed by atoms with E-state index < -0.39 is 11.9 Å². The summed E-state index contributed by atoms with van der Waals surface area (Å²) in [6.45, 7) is 2.27. The fourth-order valence-electron chi connectivity index (χ4n) is 1.39. The van der Waals surface area contributed by atoms with Crippen LogP contribution in [0.2, 0.25) is 0 Å². The zero-order valence-electron chi connectivity index (χ0n) is 10.9. The highest BCUT2D eigenvalue weighted by atomic mass is 16.5. The van der Waals surface area contributed by atoms with Crippen LogP contribution in [0.5, 0.6) is 0 Å². The summed E-state index contributed by atoms with van der Waals surface area (Å²) in [6, 6.07) is 3.14. The van der Waals surface area contributed by atoms with E-state index in [1.807, 2.05) is 0 Å². The van der Waals surface area contributed by atoms with Gasteiger partial charge in [-0.05, 0) is 25.0 Å². The molecule has 0 amide bonds. The number of carboxylic acid groups (broad SMARTS) is 1. The van der Waals surface area contributed by atoms with E-state index in [0.717, 1.165) is 0 Å². The van der Waals surface area contributed by atoms with E-state index in [1.165, 1.54) is 13.2 Å². The second-order valence-electron chi connectivity index (χ2n) is 4.10. The Labute approximate surface area is 111 Å². The molecule has 0 fully saturated rings. The maximum Gasteiger partial charge on any atom is 0.358 e. The van der Waals surface area contributed by atoms with Crippen LogP contribution >= 0.6 is 0 Å². The van der Waals surface area contributed by atoms with Crippen molar-refractivity contribution >= 4 is 17.8 Å². The van der Waals surface area contributed by atoms with Crippen LogP contribution in [0.4, 0.5) is 5.82 Å². The number of carboxylic acids is 1. The molecular formula is C12H17N3O4. The molecule has 0 saturated carbocycles. The van der Waals surface area contributed by atoms with Crippen LogP contribution < -0.4 is 5.32 Å². The van der Waals surface area contributed by atoms with Crippen LogP contribution in [0.25, 0.3) is 0 Å². The lowest BCUT2D eigenvalue weighted by atomic mass is 10.1. The molecule has 1 unspecified atom stereocenters. The molecule has 1 aromatic rings. The Hall–Kier alpha value is -2.18. The molecule has 1 heterocycles. The highest BCUT2D eigenvalue weighted by molar-refractivity contribution is 5.86. The summed E-state index contributed by atoms with van der Waals surface area (Å²) in [5, 5.41) is 19.3. The van der Waals surface area contributed by atoms with Crippen molar-refractivity contribution in [2.45, 2.75) is 19.8 Å². The van der Waals surface area contributed by atoms with Gasteiger partial charge in [0.15, 0.2) is 5.69 Å². The van der Waals surface area contributed by atoms with Gasteiger partial charge in [-0.15, -0.1) is 10.2 Å². The van der Waals surface area contributed by atoms with Gasteiger partial charge in [0.1, 0.15) is 5.82 Å². The zero-order valence-corrected chi connectivity index (χ0v) is 10.9. The Balaban J connectivity index is 2.34. The number of ether oxygens (including phenoxy) is 1. The van der Waals surface area contributed by atoms with Crippen molar-refractivity contribution in [3.63, 3.8) is 0 Å². The first-order valence-corrected chi connectivity index (χ1v) is 5.93. The van der Waals surface area contributed by atoms with Gasteiger partial charge >= 0.3 is 11.9 Å². The van der Waals surface area contributed by atoms with Gasteiger partial charge in [0.05, 0.1) is 13.0 Å². The maximum atomic E-state index is 11.1. The topological polar surface area (TPSA) is 101 Å². The maximum absolute atomic E-state index is 11.1. The molecule has 0 saturated heterocycles. The third-order valence-electron chi connectivity index (χ3n) is 2.60. The smallest absolute Gasteiger partial charge is 0.358 e. The Morgan fingerprint density at radius 2 is 2.16 bits per heavy atom. The lowest BCUT2D eigenvalue weighted by Gasteiger charge is -2.07. The van der Waals surface area contributed by atoms with Crippen LogP contribution in [0, 0.1) is 5.92 Å². The predicted molar refractivity (Wildman–Crippen MR) is 67.9 cm³/mol. The largest absolute Gasteiger partial charge is 0.481 e. The third kappa shape index (κ3) is 4.90. The van der Waals surface area contributed by atoms with Crippen molar-refractivity contribution in [3.05, 3.63) is 17.8 Å². The Bertz CT molecular complexity index is 433. The van der Waals surface area contributed by atoms with Gasteiger partial charge in [-0.25, -0.2) is 4.79 Å². The molecule has 0 radical (unpaired) electrons. The number of aliphatic carboxylic acids is 1. The number of nitrogens with zero attached hydrogens (tertiary/aromatic N) is 2. The van der Waals surface area contributed by atoms with Crippen molar-refractivity contribution in [1.82, 2.24) is 10.2 Å². The number of rotatable bonds is 7. The van der Waals surface area contributed by atoms with E-state index in [9.17, 15) is 9.59 Å². The van der Waals surface area contributed by atoms with Crippen LogP contribution in [0.1, 0.15) is 30.3 Å². The summed E-state index contributed by atoms with van der Waals surface area (Å²) >= 11 is 0. The molecule has 7 nitrogen and oxygen atoms in total. The van der Waals surface area contributed by atoms with Crippen molar-refractivity contribution in [3.8, 4) is 0 Å². The summed E-state index contributed by atoms with van der Waals surface area (Å²) in [5.41, 5.74) is 0.146. The number of anilines is 1. The van der Waals surface area contributed by atoms with E-state index in [4.69, 9.17) is 5.11 Å². The summed E-state index contributed by atoms with van der Waals surface area (Å²) in [6.07, 6.45) is 1.31. The second-order valence-corrected chi connectivity index (χ2v) is 4.10. The highest BCUT2D eigenvalue weighted by Gasteiger charge is 2.10. The SMILES string of the molecule is COC(=O)c1ccc(NCCCC(C)C(=O)O)nn1.